The molecule has 126 valence electrons. The van der Waals surface area contributed by atoms with Gasteiger partial charge in [0.25, 0.3) is 5.91 Å². The summed E-state index contributed by atoms with van der Waals surface area (Å²) >= 11 is 0. The Morgan fingerprint density at radius 1 is 1.33 bits per heavy atom. The molecular weight excluding hydrogens is 309 g/mol. The average molecular weight is 329 g/mol. The van der Waals surface area contributed by atoms with Crippen molar-refractivity contribution in [2.75, 3.05) is 19.0 Å². The number of carbonyl (C=O) groups is 1. The Bertz CT molecular complexity index is 743. The van der Waals surface area contributed by atoms with Crippen LogP contribution in [0.2, 0.25) is 0 Å². The topological polar surface area (TPSA) is 47.6 Å². The number of rotatable bonds is 7. The van der Waals surface area contributed by atoms with Crippen LogP contribution in [0.1, 0.15) is 11.1 Å². The van der Waals surface area contributed by atoms with Crippen LogP contribution in [-0.2, 0) is 11.2 Å². The van der Waals surface area contributed by atoms with Gasteiger partial charge in [-0.05, 0) is 43.2 Å². The summed E-state index contributed by atoms with van der Waals surface area (Å²) in [7, 11) is 1.55. The minimum atomic E-state index is -0.415. The molecule has 0 heterocycles. The molecule has 1 N–H and O–H groups in total. The maximum atomic E-state index is 13.1. The molecule has 0 radical (unpaired) electrons. The number of hydrogen-bond acceptors (Lipinski definition) is 3. The summed E-state index contributed by atoms with van der Waals surface area (Å²) in [4.78, 5) is 12.0. The number of amides is 1. The zero-order chi connectivity index (χ0) is 17.5. The molecule has 5 heteroatoms. The quantitative estimate of drug-likeness (QED) is 0.784. The molecule has 0 unspecified atom stereocenters. The molecule has 2 aromatic rings. The zero-order valence-corrected chi connectivity index (χ0v) is 13.8. The van der Waals surface area contributed by atoms with Crippen LogP contribution in [0.3, 0.4) is 0 Å². The standard InChI is InChI=1S/C19H20FNO3/c1-4-6-14-9-13(2)10-17(23-3)19(14)24-12-18(22)21-16-8-5-7-15(20)11-16/h4-5,7-11H,1,6,12H2,2-3H3,(H,21,22). The molecule has 0 fully saturated rings. The number of allylic oxidation sites excluding steroid dienone is 1. The van der Waals surface area contributed by atoms with Gasteiger partial charge in [-0.3, -0.25) is 4.79 Å². The highest BCUT2D eigenvalue weighted by Gasteiger charge is 2.13. The molecule has 0 atom stereocenters. The maximum absolute atomic E-state index is 13.1. The number of nitrogens with one attached hydrogen (secondary N) is 1. The fourth-order valence-corrected chi connectivity index (χ4v) is 2.34. The second kappa shape index (κ2) is 8.15. The summed E-state index contributed by atoms with van der Waals surface area (Å²) < 4.78 is 24.1. The van der Waals surface area contributed by atoms with Gasteiger partial charge < -0.3 is 14.8 Å². The summed E-state index contributed by atoms with van der Waals surface area (Å²) in [5.74, 6) is 0.276. The van der Waals surface area contributed by atoms with E-state index in [1.54, 1.807) is 19.3 Å². The van der Waals surface area contributed by atoms with E-state index in [0.29, 0.717) is 23.6 Å². The number of anilines is 1. The van der Waals surface area contributed by atoms with Crippen molar-refractivity contribution >= 4 is 11.6 Å². The van der Waals surface area contributed by atoms with Gasteiger partial charge in [-0.2, -0.15) is 0 Å². The minimum Gasteiger partial charge on any atom is -0.493 e. The fourth-order valence-electron chi connectivity index (χ4n) is 2.34. The van der Waals surface area contributed by atoms with E-state index in [4.69, 9.17) is 9.47 Å². The van der Waals surface area contributed by atoms with Crippen LogP contribution in [0.25, 0.3) is 0 Å². The molecule has 0 aliphatic carbocycles. The van der Waals surface area contributed by atoms with Crippen molar-refractivity contribution in [2.24, 2.45) is 0 Å². The van der Waals surface area contributed by atoms with Crippen LogP contribution in [0.15, 0.2) is 49.1 Å². The van der Waals surface area contributed by atoms with Gasteiger partial charge in [0.05, 0.1) is 7.11 Å². The first-order valence-corrected chi connectivity index (χ1v) is 7.50. The van der Waals surface area contributed by atoms with Gasteiger partial charge in [0.2, 0.25) is 0 Å². The van der Waals surface area contributed by atoms with E-state index in [1.807, 2.05) is 19.1 Å². The highest BCUT2D eigenvalue weighted by Crippen LogP contribution is 2.33. The van der Waals surface area contributed by atoms with E-state index < -0.39 is 5.82 Å². The molecule has 0 spiro atoms. The lowest BCUT2D eigenvalue weighted by Gasteiger charge is -2.15. The van der Waals surface area contributed by atoms with E-state index in [1.165, 1.54) is 18.2 Å². The third-order valence-electron chi connectivity index (χ3n) is 3.32. The van der Waals surface area contributed by atoms with Crippen LogP contribution in [0.5, 0.6) is 11.5 Å². The van der Waals surface area contributed by atoms with Gasteiger partial charge >= 0.3 is 0 Å². The van der Waals surface area contributed by atoms with Gasteiger partial charge in [0.1, 0.15) is 5.82 Å². The highest BCUT2D eigenvalue weighted by molar-refractivity contribution is 5.91. The lowest BCUT2D eigenvalue weighted by molar-refractivity contribution is -0.118. The number of halogens is 1. The van der Waals surface area contributed by atoms with E-state index in [9.17, 15) is 9.18 Å². The molecule has 0 aliphatic rings. The summed E-state index contributed by atoms with van der Waals surface area (Å²) in [5, 5.41) is 2.59. The van der Waals surface area contributed by atoms with Crippen molar-refractivity contribution < 1.29 is 18.7 Å². The number of hydrogen-bond donors (Lipinski definition) is 1. The Morgan fingerprint density at radius 3 is 2.79 bits per heavy atom. The highest BCUT2D eigenvalue weighted by atomic mass is 19.1. The fraction of sp³-hybridized carbons (Fsp3) is 0.211. The molecule has 0 bridgehead atoms. The summed E-state index contributed by atoms with van der Waals surface area (Å²) in [5.41, 5.74) is 2.30. The van der Waals surface area contributed by atoms with E-state index in [0.717, 1.165) is 11.1 Å². The minimum absolute atomic E-state index is 0.208. The summed E-state index contributed by atoms with van der Waals surface area (Å²) in [6.45, 7) is 5.48. The Kier molecular flexibility index (Phi) is 5.95. The second-order valence-corrected chi connectivity index (χ2v) is 5.30. The Labute approximate surface area is 140 Å². The zero-order valence-electron chi connectivity index (χ0n) is 13.8. The number of benzene rings is 2. The first kappa shape index (κ1) is 17.5. The van der Waals surface area contributed by atoms with E-state index >= 15 is 0 Å². The SMILES string of the molecule is C=CCc1cc(C)cc(OC)c1OCC(=O)Nc1cccc(F)c1. The third-order valence-corrected chi connectivity index (χ3v) is 3.32. The Hall–Kier alpha value is -2.82. The molecule has 0 saturated carbocycles. The van der Waals surface area contributed by atoms with Crippen molar-refractivity contribution in [3.63, 3.8) is 0 Å². The first-order valence-electron chi connectivity index (χ1n) is 7.50. The second-order valence-electron chi connectivity index (χ2n) is 5.30. The van der Waals surface area contributed by atoms with Crippen molar-refractivity contribution in [3.05, 3.63) is 66.0 Å². The molecule has 4 nitrogen and oxygen atoms in total. The first-order chi connectivity index (χ1) is 11.5. The van der Waals surface area contributed by atoms with Crippen LogP contribution >= 0.6 is 0 Å². The molecule has 0 saturated heterocycles. The lowest BCUT2D eigenvalue weighted by Crippen LogP contribution is -2.20. The van der Waals surface area contributed by atoms with Gasteiger partial charge in [-0.1, -0.05) is 18.2 Å². The molecule has 2 aromatic carbocycles. The van der Waals surface area contributed by atoms with Crippen LogP contribution in [0, 0.1) is 12.7 Å². The lowest BCUT2D eigenvalue weighted by atomic mass is 10.1. The van der Waals surface area contributed by atoms with Gasteiger partial charge in [-0.25, -0.2) is 4.39 Å². The molecular formula is C19H20FNO3. The molecule has 1 amide bonds. The smallest absolute Gasteiger partial charge is 0.262 e. The van der Waals surface area contributed by atoms with E-state index in [-0.39, 0.29) is 12.5 Å². The Balaban J connectivity index is 2.10. The normalized spacial score (nSPS) is 10.1. The Morgan fingerprint density at radius 2 is 2.12 bits per heavy atom. The van der Waals surface area contributed by atoms with Crippen LogP contribution in [-0.4, -0.2) is 19.6 Å². The van der Waals surface area contributed by atoms with E-state index in [2.05, 4.69) is 11.9 Å². The summed E-state index contributed by atoms with van der Waals surface area (Å²) in [6.07, 6.45) is 2.35. The summed E-state index contributed by atoms with van der Waals surface area (Å²) in [6, 6.07) is 9.49. The number of ether oxygens (including phenoxy) is 2. The number of carbonyl (C=O) groups excluding carboxylic acids is 1. The number of aryl methyl sites for hydroxylation is 1. The largest absolute Gasteiger partial charge is 0.493 e. The molecule has 0 aromatic heterocycles. The van der Waals surface area contributed by atoms with Gasteiger partial charge in [0.15, 0.2) is 18.1 Å². The molecule has 2 rings (SSSR count). The predicted molar refractivity (Wildman–Crippen MR) is 92.2 cm³/mol. The van der Waals surface area contributed by atoms with Crippen molar-refractivity contribution in [3.8, 4) is 11.5 Å². The third kappa shape index (κ3) is 4.59. The van der Waals surface area contributed by atoms with Gasteiger partial charge in [0, 0.05) is 11.3 Å². The van der Waals surface area contributed by atoms with Crippen LogP contribution < -0.4 is 14.8 Å². The monoisotopic (exact) mass is 329 g/mol. The average Bonchev–Trinajstić information content (AvgIpc) is 2.53. The maximum Gasteiger partial charge on any atom is 0.262 e. The predicted octanol–water partition coefficient (Wildman–Crippen LogP) is 3.89. The van der Waals surface area contributed by atoms with Crippen molar-refractivity contribution in [2.45, 2.75) is 13.3 Å². The van der Waals surface area contributed by atoms with Crippen LogP contribution in [0.4, 0.5) is 10.1 Å². The van der Waals surface area contributed by atoms with Crippen molar-refractivity contribution in [1.82, 2.24) is 0 Å². The molecule has 24 heavy (non-hydrogen) atoms. The van der Waals surface area contributed by atoms with Crippen molar-refractivity contribution in [1.29, 1.82) is 0 Å². The molecule has 0 aliphatic heterocycles. The van der Waals surface area contributed by atoms with Gasteiger partial charge in [-0.15, -0.1) is 6.58 Å². The number of methoxy groups -OCH3 is 1.